The zero-order valence-corrected chi connectivity index (χ0v) is 11.6. The number of fused-ring (bicyclic) bond motifs is 1. The number of nitriles is 1. The Morgan fingerprint density at radius 2 is 2.25 bits per heavy atom. The fraction of sp³-hybridized carbons (Fsp3) is 0.294. The van der Waals surface area contributed by atoms with Crippen molar-refractivity contribution < 1.29 is 0 Å². The lowest BCUT2D eigenvalue weighted by atomic mass is 9.92. The van der Waals surface area contributed by atoms with Crippen LogP contribution in [0.25, 0.3) is 16.6 Å². The number of hydrogen-bond acceptors (Lipinski definition) is 2. The fourth-order valence-corrected chi connectivity index (χ4v) is 2.75. The van der Waals surface area contributed by atoms with Gasteiger partial charge in [-0.05, 0) is 37.3 Å². The van der Waals surface area contributed by atoms with E-state index in [0.717, 1.165) is 36.1 Å². The number of rotatable bonds is 2. The van der Waals surface area contributed by atoms with Gasteiger partial charge in [0.1, 0.15) is 6.07 Å². The van der Waals surface area contributed by atoms with E-state index in [0.29, 0.717) is 11.5 Å². The first kappa shape index (κ1) is 12.7. The van der Waals surface area contributed by atoms with Gasteiger partial charge in [0, 0.05) is 7.05 Å². The third kappa shape index (κ3) is 2.25. The van der Waals surface area contributed by atoms with E-state index in [1.165, 1.54) is 0 Å². The molecule has 1 aliphatic carbocycles. The molecule has 1 heterocycles. The fourth-order valence-electron chi connectivity index (χ4n) is 2.75. The van der Waals surface area contributed by atoms with Crippen LogP contribution >= 0.6 is 0 Å². The maximum absolute atomic E-state index is 9.47. The molecule has 0 spiro atoms. The molecule has 0 amide bonds. The van der Waals surface area contributed by atoms with Gasteiger partial charge in [0.05, 0.1) is 16.6 Å². The van der Waals surface area contributed by atoms with Gasteiger partial charge >= 0.3 is 0 Å². The van der Waals surface area contributed by atoms with Crippen molar-refractivity contribution in [2.24, 2.45) is 13.0 Å². The quantitative estimate of drug-likeness (QED) is 0.610. The molecule has 3 heteroatoms. The molecule has 0 aliphatic heterocycles. The first-order chi connectivity index (χ1) is 9.79. The van der Waals surface area contributed by atoms with Crippen LogP contribution in [-0.2, 0) is 7.05 Å². The summed E-state index contributed by atoms with van der Waals surface area (Å²) in [6, 6.07) is 10.3. The van der Waals surface area contributed by atoms with Gasteiger partial charge in [0.2, 0.25) is 0 Å². The van der Waals surface area contributed by atoms with Crippen LogP contribution in [0.15, 0.2) is 42.5 Å². The SMILES string of the molecule is Cn1c(C(C#N)=C[C@H]2CC=CCC2)nc2ccccc21. The van der Waals surface area contributed by atoms with E-state index in [4.69, 9.17) is 0 Å². The third-order valence-electron chi connectivity index (χ3n) is 3.86. The van der Waals surface area contributed by atoms with E-state index >= 15 is 0 Å². The highest BCUT2D eigenvalue weighted by atomic mass is 15.1. The smallest absolute Gasteiger partial charge is 0.151 e. The molecule has 0 saturated carbocycles. The molecule has 1 aromatic heterocycles. The highest BCUT2D eigenvalue weighted by Crippen LogP contribution is 2.25. The second-order valence-corrected chi connectivity index (χ2v) is 5.22. The summed E-state index contributed by atoms with van der Waals surface area (Å²) in [5.74, 6) is 1.22. The Bertz CT molecular complexity index is 728. The Labute approximate surface area is 118 Å². The van der Waals surface area contributed by atoms with Gasteiger partial charge in [-0.2, -0.15) is 5.26 Å². The molecule has 1 aromatic carbocycles. The van der Waals surface area contributed by atoms with Crippen LogP contribution in [0.1, 0.15) is 25.1 Å². The molecule has 3 rings (SSSR count). The molecule has 0 unspecified atom stereocenters. The molecule has 20 heavy (non-hydrogen) atoms. The second kappa shape index (κ2) is 5.34. The van der Waals surface area contributed by atoms with Crippen LogP contribution in [0, 0.1) is 17.2 Å². The Morgan fingerprint density at radius 1 is 1.40 bits per heavy atom. The first-order valence-electron chi connectivity index (χ1n) is 6.98. The molecule has 2 aromatic rings. The van der Waals surface area contributed by atoms with Crippen molar-refractivity contribution in [3.05, 3.63) is 48.3 Å². The zero-order chi connectivity index (χ0) is 13.9. The number of benzene rings is 1. The maximum Gasteiger partial charge on any atom is 0.151 e. The van der Waals surface area contributed by atoms with E-state index in [9.17, 15) is 5.26 Å². The predicted octanol–water partition coefficient (Wildman–Crippen LogP) is 3.84. The maximum atomic E-state index is 9.47. The largest absolute Gasteiger partial charge is 0.327 e. The summed E-state index contributed by atoms with van der Waals surface area (Å²) in [6.07, 6.45) is 9.74. The molecule has 1 atom stereocenters. The molecule has 100 valence electrons. The zero-order valence-electron chi connectivity index (χ0n) is 11.6. The van der Waals surface area contributed by atoms with Crippen LogP contribution in [-0.4, -0.2) is 9.55 Å². The third-order valence-corrected chi connectivity index (χ3v) is 3.86. The van der Waals surface area contributed by atoms with Crippen LogP contribution in [0.5, 0.6) is 0 Å². The number of hydrogen-bond donors (Lipinski definition) is 0. The molecule has 0 radical (unpaired) electrons. The molecule has 0 saturated heterocycles. The minimum Gasteiger partial charge on any atom is -0.327 e. The van der Waals surface area contributed by atoms with E-state index < -0.39 is 0 Å². The summed E-state index contributed by atoms with van der Waals surface area (Å²) in [5, 5.41) is 9.47. The van der Waals surface area contributed by atoms with Crippen molar-refractivity contribution in [1.29, 1.82) is 5.26 Å². The number of aromatic nitrogens is 2. The topological polar surface area (TPSA) is 41.6 Å². The van der Waals surface area contributed by atoms with Gasteiger partial charge in [-0.1, -0.05) is 30.4 Å². The normalized spacial score (nSPS) is 19.2. The average Bonchev–Trinajstić information content (AvgIpc) is 2.83. The molecule has 1 aliphatic rings. The summed E-state index contributed by atoms with van der Waals surface area (Å²) in [4.78, 5) is 4.60. The molecule has 0 N–H and O–H groups in total. The standard InChI is InChI=1S/C17H17N3/c1-20-16-10-6-5-9-15(16)19-17(20)14(12-18)11-13-7-3-2-4-8-13/h2-3,5-6,9-11,13H,4,7-8H2,1H3/t13-/m0/s1. The van der Waals surface area contributed by atoms with Crippen molar-refractivity contribution in [2.45, 2.75) is 19.3 Å². The Balaban J connectivity index is 2.03. The summed E-state index contributed by atoms with van der Waals surface area (Å²) in [7, 11) is 1.97. The van der Waals surface area contributed by atoms with E-state index in [2.05, 4.69) is 29.3 Å². The van der Waals surface area contributed by atoms with Gasteiger partial charge in [0.15, 0.2) is 5.82 Å². The lowest BCUT2D eigenvalue weighted by molar-refractivity contribution is 0.584. The van der Waals surface area contributed by atoms with Crippen LogP contribution in [0.3, 0.4) is 0 Å². The first-order valence-corrected chi connectivity index (χ1v) is 6.98. The summed E-state index contributed by atoms with van der Waals surface area (Å²) in [6.45, 7) is 0. The number of para-hydroxylation sites is 2. The minimum absolute atomic E-state index is 0.453. The summed E-state index contributed by atoms with van der Waals surface area (Å²) >= 11 is 0. The molecule has 0 bridgehead atoms. The Kier molecular flexibility index (Phi) is 3.39. The van der Waals surface area contributed by atoms with Crippen LogP contribution < -0.4 is 0 Å². The number of aryl methyl sites for hydroxylation is 1. The molecule has 3 nitrogen and oxygen atoms in total. The molecular weight excluding hydrogens is 246 g/mol. The van der Waals surface area contributed by atoms with Crippen LogP contribution in [0.4, 0.5) is 0 Å². The highest BCUT2D eigenvalue weighted by molar-refractivity contribution is 5.83. The van der Waals surface area contributed by atoms with E-state index in [-0.39, 0.29) is 0 Å². The number of nitrogens with zero attached hydrogens (tertiary/aromatic N) is 3. The second-order valence-electron chi connectivity index (χ2n) is 5.22. The van der Waals surface area contributed by atoms with Crippen molar-refractivity contribution in [2.75, 3.05) is 0 Å². The van der Waals surface area contributed by atoms with E-state index in [1.54, 1.807) is 0 Å². The van der Waals surface area contributed by atoms with Gasteiger partial charge in [0.25, 0.3) is 0 Å². The predicted molar refractivity (Wildman–Crippen MR) is 80.8 cm³/mol. The lowest BCUT2D eigenvalue weighted by Gasteiger charge is -2.13. The van der Waals surface area contributed by atoms with Crippen molar-refractivity contribution >= 4 is 16.6 Å². The molecule has 0 fully saturated rings. The van der Waals surface area contributed by atoms with Gasteiger partial charge in [-0.3, -0.25) is 0 Å². The van der Waals surface area contributed by atoms with Crippen molar-refractivity contribution in [1.82, 2.24) is 9.55 Å². The Morgan fingerprint density at radius 3 is 2.95 bits per heavy atom. The van der Waals surface area contributed by atoms with Crippen molar-refractivity contribution in [3.63, 3.8) is 0 Å². The van der Waals surface area contributed by atoms with Crippen LogP contribution in [0.2, 0.25) is 0 Å². The monoisotopic (exact) mass is 263 g/mol. The summed E-state index contributed by atoms with van der Waals surface area (Å²) < 4.78 is 2.00. The lowest BCUT2D eigenvalue weighted by Crippen LogP contribution is -2.02. The summed E-state index contributed by atoms with van der Waals surface area (Å²) in [5.41, 5.74) is 2.69. The van der Waals surface area contributed by atoms with Gasteiger partial charge in [-0.25, -0.2) is 4.98 Å². The Hall–Kier alpha value is -2.34. The highest BCUT2D eigenvalue weighted by Gasteiger charge is 2.14. The number of imidazole rings is 1. The molecular formula is C17H17N3. The number of allylic oxidation sites excluding steroid dienone is 4. The van der Waals surface area contributed by atoms with Gasteiger partial charge in [-0.15, -0.1) is 0 Å². The van der Waals surface area contributed by atoms with Crippen molar-refractivity contribution in [3.8, 4) is 6.07 Å². The average molecular weight is 263 g/mol. The van der Waals surface area contributed by atoms with Gasteiger partial charge < -0.3 is 4.57 Å². The minimum atomic E-state index is 0.453. The van der Waals surface area contributed by atoms with E-state index in [1.807, 2.05) is 35.9 Å².